The molecular formula is C31H39N3O4. The first-order valence-electron chi connectivity index (χ1n) is 13.9. The fourth-order valence-corrected chi connectivity index (χ4v) is 5.97. The number of hydrogen-bond donors (Lipinski definition) is 1. The van der Waals surface area contributed by atoms with Gasteiger partial charge in [0, 0.05) is 37.8 Å². The summed E-state index contributed by atoms with van der Waals surface area (Å²) in [5.74, 6) is -0.223. The number of likely N-dealkylation sites (tertiary alicyclic amines) is 1. The molecule has 1 unspecified atom stereocenters. The van der Waals surface area contributed by atoms with Gasteiger partial charge in [-0.3, -0.25) is 9.59 Å². The smallest absolute Gasteiger partial charge is 0.410 e. The van der Waals surface area contributed by atoms with Crippen molar-refractivity contribution < 1.29 is 19.1 Å². The molecule has 0 aromatic heterocycles. The molecule has 38 heavy (non-hydrogen) atoms. The van der Waals surface area contributed by atoms with E-state index in [2.05, 4.69) is 17.4 Å². The molecule has 2 aromatic carbocycles. The molecule has 5 rings (SSSR count). The molecule has 3 aliphatic rings. The van der Waals surface area contributed by atoms with E-state index in [4.69, 9.17) is 4.74 Å². The van der Waals surface area contributed by atoms with E-state index in [0.29, 0.717) is 19.6 Å². The first kappa shape index (κ1) is 26.3. The van der Waals surface area contributed by atoms with Gasteiger partial charge in [0.15, 0.2) is 0 Å². The van der Waals surface area contributed by atoms with Crippen LogP contribution in [0, 0.1) is 11.8 Å². The highest BCUT2D eigenvalue weighted by atomic mass is 16.6. The summed E-state index contributed by atoms with van der Waals surface area (Å²) in [6.45, 7) is 7.40. The molecule has 2 aliphatic heterocycles. The van der Waals surface area contributed by atoms with Crippen LogP contribution >= 0.6 is 0 Å². The largest absolute Gasteiger partial charge is 0.444 e. The lowest BCUT2D eigenvalue weighted by Gasteiger charge is -2.42. The molecule has 3 atom stereocenters. The Hall–Kier alpha value is -3.35. The quantitative estimate of drug-likeness (QED) is 0.570. The van der Waals surface area contributed by atoms with Gasteiger partial charge in [-0.1, -0.05) is 48.5 Å². The molecule has 7 nitrogen and oxygen atoms in total. The summed E-state index contributed by atoms with van der Waals surface area (Å²) in [6, 6.07) is 18.2. The Morgan fingerprint density at radius 1 is 1.00 bits per heavy atom. The molecule has 3 amide bonds. The zero-order valence-electron chi connectivity index (χ0n) is 22.7. The summed E-state index contributed by atoms with van der Waals surface area (Å²) in [4.78, 5) is 43.5. The minimum Gasteiger partial charge on any atom is -0.444 e. The average molecular weight is 518 g/mol. The maximum Gasteiger partial charge on any atom is 0.410 e. The van der Waals surface area contributed by atoms with Gasteiger partial charge >= 0.3 is 6.09 Å². The number of hydrogen-bond acceptors (Lipinski definition) is 4. The van der Waals surface area contributed by atoms with Crippen LogP contribution in [-0.2, 0) is 20.7 Å². The predicted octanol–water partition coefficient (Wildman–Crippen LogP) is 5.22. The molecule has 7 heteroatoms. The van der Waals surface area contributed by atoms with Crippen LogP contribution in [0.5, 0.6) is 0 Å². The number of anilines is 1. The van der Waals surface area contributed by atoms with Crippen LogP contribution in [0.2, 0.25) is 0 Å². The molecule has 1 aliphatic carbocycles. The fraction of sp³-hybridized carbons (Fsp3) is 0.516. The number of ether oxygens (including phenoxy) is 1. The number of para-hydroxylation sites is 1. The predicted molar refractivity (Wildman–Crippen MR) is 147 cm³/mol. The van der Waals surface area contributed by atoms with E-state index in [0.717, 1.165) is 36.9 Å². The van der Waals surface area contributed by atoms with Crippen molar-refractivity contribution in [3.8, 4) is 0 Å². The summed E-state index contributed by atoms with van der Waals surface area (Å²) in [7, 11) is 0. The van der Waals surface area contributed by atoms with Crippen LogP contribution in [0.4, 0.5) is 10.5 Å². The number of rotatable bonds is 6. The zero-order chi connectivity index (χ0) is 26.9. The number of benzene rings is 2. The lowest BCUT2D eigenvalue weighted by Crippen LogP contribution is -2.50. The van der Waals surface area contributed by atoms with Gasteiger partial charge in [-0.25, -0.2) is 4.79 Å². The minimum atomic E-state index is -0.563. The maximum atomic E-state index is 14.1. The van der Waals surface area contributed by atoms with Crippen LogP contribution in [0.25, 0.3) is 0 Å². The molecule has 2 fully saturated rings. The van der Waals surface area contributed by atoms with Gasteiger partial charge in [-0.2, -0.15) is 0 Å². The van der Waals surface area contributed by atoms with E-state index in [9.17, 15) is 14.4 Å². The second kappa shape index (κ2) is 10.8. The van der Waals surface area contributed by atoms with Gasteiger partial charge in [-0.15, -0.1) is 0 Å². The lowest BCUT2D eigenvalue weighted by molar-refractivity contribution is -0.139. The number of nitrogens with zero attached hydrogens (tertiary/aromatic N) is 2. The summed E-state index contributed by atoms with van der Waals surface area (Å²) in [6.07, 6.45) is 3.79. The first-order chi connectivity index (χ1) is 18.2. The Balaban J connectivity index is 1.39. The first-order valence-corrected chi connectivity index (χ1v) is 13.9. The van der Waals surface area contributed by atoms with Gasteiger partial charge in [0.25, 0.3) is 0 Å². The number of amides is 3. The molecule has 202 valence electrons. The van der Waals surface area contributed by atoms with Crippen molar-refractivity contribution in [1.29, 1.82) is 0 Å². The molecule has 0 radical (unpaired) electrons. The molecule has 2 heterocycles. The van der Waals surface area contributed by atoms with E-state index in [1.54, 1.807) is 0 Å². The summed E-state index contributed by atoms with van der Waals surface area (Å²) >= 11 is 0. The van der Waals surface area contributed by atoms with Crippen LogP contribution in [-0.4, -0.2) is 59.0 Å². The van der Waals surface area contributed by atoms with Gasteiger partial charge in [0.05, 0.1) is 5.92 Å². The Morgan fingerprint density at radius 2 is 1.68 bits per heavy atom. The monoisotopic (exact) mass is 517 g/mol. The van der Waals surface area contributed by atoms with Gasteiger partial charge < -0.3 is 19.9 Å². The van der Waals surface area contributed by atoms with E-state index in [1.807, 2.05) is 73.0 Å². The van der Waals surface area contributed by atoms with E-state index < -0.39 is 11.5 Å². The minimum absolute atomic E-state index is 0.0335. The molecule has 0 spiro atoms. The molecule has 1 saturated heterocycles. The topological polar surface area (TPSA) is 79.0 Å². The van der Waals surface area contributed by atoms with E-state index in [-0.39, 0.29) is 42.2 Å². The summed E-state index contributed by atoms with van der Waals surface area (Å²) in [5, 5.41) is 2.92. The van der Waals surface area contributed by atoms with Crippen molar-refractivity contribution in [1.82, 2.24) is 9.80 Å². The Bertz CT molecular complexity index is 1170. The third kappa shape index (κ3) is 5.87. The SMILES string of the molecule is CC(C)(C)OC(=O)N1C[C@@H](Cc2ccccc2)[C@H](CN(C(=O)C2CC(=O)Nc3ccccc32)C2CCC2)C1. The van der Waals surface area contributed by atoms with Crippen molar-refractivity contribution in [3.63, 3.8) is 0 Å². The number of carbonyl (C=O) groups is 3. The van der Waals surface area contributed by atoms with Gasteiger partial charge in [0.2, 0.25) is 11.8 Å². The fourth-order valence-electron chi connectivity index (χ4n) is 5.97. The zero-order valence-corrected chi connectivity index (χ0v) is 22.7. The molecule has 1 N–H and O–H groups in total. The molecule has 1 saturated carbocycles. The van der Waals surface area contributed by atoms with Crippen molar-refractivity contribution in [2.45, 2.75) is 70.4 Å². The van der Waals surface area contributed by atoms with Crippen LogP contribution in [0.3, 0.4) is 0 Å². The third-order valence-electron chi connectivity index (χ3n) is 8.10. The van der Waals surface area contributed by atoms with E-state index in [1.165, 1.54) is 5.56 Å². The van der Waals surface area contributed by atoms with Crippen molar-refractivity contribution in [2.75, 3.05) is 25.0 Å². The summed E-state index contributed by atoms with van der Waals surface area (Å²) in [5.41, 5.74) is 2.29. The average Bonchev–Trinajstić information content (AvgIpc) is 3.23. The van der Waals surface area contributed by atoms with Crippen molar-refractivity contribution in [3.05, 3.63) is 65.7 Å². The lowest BCUT2D eigenvalue weighted by atomic mass is 9.83. The molecular weight excluding hydrogens is 478 g/mol. The van der Waals surface area contributed by atoms with E-state index >= 15 is 0 Å². The Labute approximate surface area is 225 Å². The summed E-state index contributed by atoms with van der Waals surface area (Å²) < 4.78 is 5.71. The third-order valence-corrected chi connectivity index (χ3v) is 8.10. The number of fused-ring (bicyclic) bond motifs is 1. The highest BCUT2D eigenvalue weighted by molar-refractivity contribution is 6.01. The van der Waals surface area contributed by atoms with Gasteiger partial charge in [0.1, 0.15) is 5.60 Å². The number of nitrogens with one attached hydrogen (secondary N) is 1. The maximum absolute atomic E-state index is 14.1. The van der Waals surface area contributed by atoms with Gasteiger partial charge in [-0.05, 0) is 75.5 Å². The standard InChI is InChI=1S/C31H39N3O4/c1-31(2,3)38-30(37)33-18-22(16-21-10-5-4-6-11-21)23(19-33)20-34(24-12-9-13-24)29(36)26-17-28(35)32-27-15-8-7-14-25(26)27/h4-8,10-11,14-15,22-24,26H,9,12-13,16-20H2,1-3H3,(H,32,35)/t22-,23+,26?/m1/s1. The van der Waals surface area contributed by atoms with Crippen molar-refractivity contribution in [2.24, 2.45) is 11.8 Å². The normalized spacial score (nSPS) is 23.3. The van der Waals surface area contributed by atoms with Crippen molar-refractivity contribution >= 4 is 23.6 Å². The second-order valence-corrected chi connectivity index (χ2v) is 12.1. The molecule has 0 bridgehead atoms. The Kier molecular flexibility index (Phi) is 7.46. The molecule has 2 aromatic rings. The van der Waals surface area contributed by atoms with Crippen LogP contribution in [0.1, 0.15) is 63.5 Å². The van der Waals surface area contributed by atoms with Crippen LogP contribution in [0.15, 0.2) is 54.6 Å². The second-order valence-electron chi connectivity index (χ2n) is 12.1. The Morgan fingerprint density at radius 3 is 2.37 bits per heavy atom. The highest BCUT2D eigenvalue weighted by Gasteiger charge is 2.43. The highest BCUT2D eigenvalue weighted by Crippen LogP contribution is 2.38. The number of carbonyl (C=O) groups excluding carboxylic acids is 3. The van der Waals surface area contributed by atoms with Crippen LogP contribution < -0.4 is 5.32 Å².